The highest BCUT2D eigenvalue weighted by molar-refractivity contribution is 5.15. The first-order valence-corrected chi connectivity index (χ1v) is 5.03. The number of nitrogens with zero attached hydrogens (tertiary/aromatic N) is 2. The van der Waals surface area contributed by atoms with Crippen LogP contribution in [0.5, 0.6) is 5.75 Å². The van der Waals surface area contributed by atoms with Crippen molar-refractivity contribution >= 4 is 0 Å². The Morgan fingerprint density at radius 3 is 2.71 bits per heavy atom. The van der Waals surface area contributed by atoms with Crippen molar-refractivity contribution in [2.45, 2.75) is 32.4 Å². The maximum absolute atomic E-state index is 5.82. The van der Waals surface area contributed by atoms with Crippen LogP contribution >= 0.6 is 0 Å². The molecule has 78 valence electrons. The van der Waals surface area contributed by atoms with E-state index in [1.165, 1.54) is 0 Å². The van der Waals surface area contributed by atoms with Gasteiger partial charge in [0.2, 0.25) is 0 Å². The van der Waals surface area contributed by atoms with Crippen LogP contribution in [0, 0.1) is 0 Å². The highest BCUT2D eigenvalue weighted by Gasteiger charge is 2.34. The van der Waals surface area contributed by atoms with Gasteiger partial charge in [-0.3, -0.25) is 4.68 Å². The van der Waals surface area contributed by atoms with E-state index in [2.05, 4.69) is 31.2 Å². The van der Waals surface area contributed by atoms with E-state index in [-0.39, 0.29) is 5.60 Å². The van der Waals surface area contributed by atoms with Gasteiger partial charge in [-0.25, -0.2) is 0 Å². The van der Waals surface area contributed by atoms with Crippen molar-refractivity contribution in [2.75, 3.05) is 13.1 Å². The lowest BCUT2D eigenvalue weighted by molar-refractivity contribution is 0.0347. The van der Waals surface area contributed by atoms with Crippen molar-refractivity contribution < 1.29 is 4.74 Å². The summed E-state index contributed by atoms with van der Waals surface area (Å²) in [5.41, 5.74) is -0.0369. The first-order valence-electron chi connectivity index (χ1n) is 5.03. The Kier molecular flexibility index (Phi) is 2.23. The number of nitrogens with one attached hydrogen (secondary N) is 1. The van der Waals surface area contributed by atoms with E-state index in [0.717, 1.165) is 18.8 Å². The number of hydrogen-bond donors (Lipinski definition) is 1. The predicted octanol–water partition coefficient (Wildman–Crippen LogP) is 1.20. The summed E-state index contributed by atoms with van der Waals surface area (Å²) >= 11 is 0. The van der Waals surface area contributed by atoms with E-state index < -0.39 is 0 Å². The van der Waals surface area contributed by atoms with Gasteiger partial charge >= 0.3 is 0 Å². The molecule has 4 nitrogen and oxygen atoms in total. The van der Waals surface area contributed by atoms with Gasteiger partial charge in [-0.15, -0.1) is 0 Å². The lowest BCUT2D eigenvalue weighted by Gasteiger charge is -2.38. The summed E-state index contributed by atoms with van der Waals surface area (Å²) < 4.78 is 7.73. The van der Waals surface area contributed by atoms with Crippen LogP contribution in [0.2, 0.25) is 0 Å². The minimum Gasteiger partial charge on any atom is -0.482 e. The van der Waals surface area contributed by atoms with Crippen molar-refractivity contribution in [1.29, 1.82) is 0 Å². The molecule has 0 bridgehead atoms. The van der Waals surface area contributed by atoms with Crippen molar-refractivity contribution in [2.24, 2.45) is 0 Å². The highest BCUT2D eigenvalue weighted by atomic mass is 16.5. The molecular formula is C10H17N3O. The van der Waals surface area contributed by atoms with Gasteiger partial charge < -0.3 is 10.1 Å². The van der Waals surface area contributed by atoms with Gasteiger partial charge in [-0.1, -0.05) is 0 Å². The molecular weight excluding hydrogens is 178 g/mol. The maximum Gasteiger partial charge on any atom is 0.158 e. The third-order valence-corrected chi connectivity index (χ3v) is 2.47. The summed E-state index contributed by atoms with van der Waals surface area (Å²) in [5.74, 6) is 0.864. The first-order chi connectivity index (χ1) is 6.59. The lowest BCUT2D eigenvalue weighted by atomic mass is 10.0. The summed E-state index contributed by atoms with van der Waals surface area (Å²) in [6, 6.07) is 0.389. The molecule has 1 saturated heterocycles. The molecule has 1 aromatic heterocycles. The van der Waals surface area contributed by atoms with Crippen molar-refractivity contribution in [3.05, 3.63) is 12.4 Å². The Balaban J connectivity index is 2.02. The Bertz CT molecular complexity index is 315. The zero-order valence-electron chi connectivity index (χ0n) is 8.95. The monoisotopic (exact) mass is 195 g/mol. The molecule has 14 heavy (non-hydrogen) atoms. The summed E-state index contributed by atoms with van der Waals surface area (Å²) in [7, 11) is 0. The van der Waals surface area contributed by atoms with E-state index in [9.17, 15) is 0 Å². The lowest BCUT2D eigenvalue weighted by Crippen LogP contribution is -2.60. The van der Waals surface area contributed by atoms with Gasteiger partial charge in [0.05, 0.1) is 12.4 Å². The molecule has 0 spiro atoms. The fourth-order valence-corrected chi connectivity index (χ4v) is 1.49. The van der Waals surface area contributed by atoms with Crippen molar-refractivity contribution in [3.63, 3.8) is 0 Å². The summed E-state index contributed by atoms with van der Waals surface area (Å²) in [6.45, 7) is 8.14. The molecule has 2 heterocycles. The minimum atomic E-state index is -0.0369. The number of ether oxygens (including phenoxy) is 1. The molecule has 0 aromatic carbocycles. The van der Waals surface area contributed by atoms with Crippen LogP contribution in [0.3, 0.4) is 0 Å². The molecule has 1 aromatic rings. The number of hydrogen-bond acceptors (Lipinski definition) is 3. The molecule has 4 heteroatoms. The van der Waals surface area contributed by atoms with Gasteiger partial charge in [-0.2, -0.15) is 5.10 Å². The fourth-order valence-electron chi connectivity index (χ4n) is 1.49. The van der Waals surface area contributed by atoms with Crippen LogP contribution in [-0.4, -0.2) is 28.5 Å². The highest BCUT2D eigenvalue weighted by Crippen LogP contribution is 2.21. The molecule has 0 saturated carbocycles. The van der Waals surface area contributed by atoms with Gasteiger partial charge in [0.25, 0.3) is 0 Å². The quantitative estimate of drug-likeness (QED) is 0.787. The third kappa shape index (κ3) is 1.75. The molecule has 1 N–H and O–H groups in total. The zero-order valence-corrected chi connectivity index (χ0v) is 8.95. The topological polar surface area (TPSA) is 39.1 Å². The fraction of sp³-hybridized carbons (Fsp3) is 0.700. The molecule has 0 amide bonds. The van der Waals surface area contributed by atoms with Crippen LogP contribution in [0.1, 0.15) is 26.8 Å². The molecule has 1 aliphatic rings. The number of rotatable bonds is 3. The molecule has 0 unspecified atom stereocenters. The molecule has 0 radical (unpaired) electrons. The molecule has 2 rings (SSSR count). The SMILES string of the molecule is CC(C)n1cc(OC2(C)CNC2)cn1. The van der Waals surface area contributed by atoms with Crippen LogP contribution in [0.15, 0.2) is 12.4 Å². The third-order valence-electron chi connectivity index (χ3n) is 2.47. The van der Waals surface area contributed by atoms with E-state index in [0.29, 0.717) is 6.04 Å². The normalized spacial score (nSPS) is 19.4. The van der Waals surface area contributed by atoms with E-state index >= 15 is 0 Å². The summed E-state index contributed by atoms with van der Waals surface area (Å²) in [5, 5.41) is 7.43. The summed E-state index contributed by atoms with van der Waals surface area (Å²) in [4.78, 5) is 0. The standard InChI is InChI=1S/C10H17N3O/c1-8(2)13-5-9(4-12-13)14-10(3)6-11-7-10/h4-5,8,11H,6-7H2,1-3H3. The zero-order chi connectivity index (χ0) is 10.2. The Morgan fingerprint density at radius 2 is 2.29 bits per heavy atom. The van der Waals surface area contributed by atoms with Crippen LogP contribution in [0.4, 0.5) is 0 Å². The average molecular weight is 195 g/mol. The van der Waals surface area contributed by atoms with E-state index in [1.807, 2.05) is 10.9 Å². The Labute approximate surface area is 84.3 Å². The maximum atomic E-state index is 5.82. The molecule has 0 atom stereocenters. The largest absolute Gasteiger partial charge is 0.482 e. The van der Waals surface area contributed by atoms with Crippen LogP contribution in [0.25, 0.3) is 0 Å². The smallest absolute Gasteiger partial charge is 0.158 e. The first kappa shape index (κ1) is 9.52. The molecule has 1 aliphatic heterocycles. The number of aromatic nitrogens is 2. The van der Waals surface area contributed by atoms with E-state index in [4.69, 9.17) is 4.74 Å². The molecule has 0 aliphatic carbocycles. The van der Waals surface area contributed by atoms with Gasteiger partial charge in [0, 0.05) is 19.1 Å². The van der Waals surface area contributed by atoms with E-state index in [1.54, 1.807) is 6.20 Å². The second-order valence-corrected chi connectivity index (χ2v) is 4.41. The Morgan fingerprint density at radius 1 is 1.57 bits per heavy atom. The predicted molar refractivity (Wildman–Crippen MR) is 54.5 cm³/mol. The van der Waals surface area contributed by atoms with Gasteiger partial charge in [0.1, 0.15) is 5.60 Å². The van der Waals surface area contributed by atoms with Crippen LogP contribution in [-0.2, 0) is 0 Å². The second kappa shape index (κ2) is 3.28. The second-order valence-electron chi connectivity index (χ2n) is 4.41. The summed E-state index contributed by atoms with van der Waals surface area (Å²) in [6.07, 6.45) is 3.73. The van der Waals surface area contributed by atoms with Gasteiger partial charge in [0.15, 0.2) is 5.75 Å². The molecule has 1 fully saturated rings. The van der Waals surface area contributed by atoms with Crippen LogP contribution < -0.4 is 10.1 Å². The van der Waals surface area contributed by atoms with Crippen molar-refractivity contribution in [3.8, 4) is 5.75 Å². The Hall–Kier alpha value is -1.03. The minimum absolute atomic E-state index is 0.0369. The van der Waals surface area contributed by atoms with Gasteiger partial charge in [-0.05, 0) is 20.8 Å². The average Bonchev–Trinajstić information content (AvgIpc) is 2.50. The van der Waals surface area contributed by atoms with Crippen molar-refractivity contribution in [1.82, 2.24) is 15.1 Å².